The summed E-state index contributed by atoms with van der Waals surface area (Å²) in [5, 5.41) is 0. The summed E-state index contributed by atoms with van der Waals surface area (Å²) in [5.41, 5.74) is 0. The van der Waals surface area contributed by atoms with Gasteiger partial charge in [0, 0.05) is 0 Å². The molecule has 0 aromatic heterocycles. The van der Waals surface area contributed by atoms with Gasteiger partial charge in [0.15, 0.2) is 0 Å². The van der Waals surface area contributed by atoms with Crippen molar-refractivity contribution in [3.63, 3.8) is 0 Å². The normalized spacial score (nSPS) is 7.38. The van der Waals surface area contributed by atoms with Crippen molar-refractivity contribution in [2.45, 2.75) is 0 Å². The third-order valence-electron chi connectivity index (χ3n) is 0. The summed E-state index contributed by atoms with van der Waals surface area (Å²) in [6.45, 7) is 0. The summed E-state index contributed by atoms with van der Waals surface area (Å²) < 4.78 is 8.55. The molecule has 0 aliphatic carbocycles. The Morgan fingerprint density at radius 2 is 1.12 bits per heavy atom. The molecule has 0 aromatic carbocycles. The molecule has 0 N–H and O–H groups in total. The van der Waals surface area contributed by atoms with Gasteiger partial charge in [-0.1, -0.05) is 0 Å². The number of hydrogen-bond donors (Lipinski definition) is 0. The maximum atomic E-state index is 8.55. The Morgan fingerprint density at radius 3 is 1.12 bits per heavy atom. The van der Waals surface area contributed by atoms with Gasteiger partial charge in [-0.05, 0) is 0 Å². The molecule has 8 heteroatoms. The fraction of sp³-hybridized carbons (Fsp3) is 0. The molecule has 0 fully saturated rings. The van der Waals surface area contributed by atoms with Crippen LogP contribution in [0.3, 0.4) is 0 Å². The molecule has 0 heterocycles. The van der Waals surface area contributed by atoms with E-state index in [1.807, 2.05) is 0 Å². The quantitative estimate of drug-likeness (QED) is 0.311. The maximum Gasteiger partial charge on any atom is 4.00 e. The summed E-state index contributed by atoms with van der Waals surface area (Å²) in [6, 6.07) is 0. The van der Waals surface area contributed by atoms with Crippen molar-refractivity contribution in [1.29, 1.82) is 0 Å². The molecule has 0 aromatic rings. The minimum atomic E-state index is -5.39. The average Bonchev–Trinajstić information content (AvgIpc) is 0.722. The van der Waals surface area contributed by atoms with Gasteiger partial charge >= 0.3 is 85.4 Å². The Labute approximate surface area is 110 Å². The van der Waals surface area contributed by atoms with E-state index in [-0.39, 0.29) is 85.4 Å². The molecule has 0 atom stereocenters. The van der Waals surface area contributed by atoms with Crippen LogP contribution in [0, 0.1) is 0 Å². The standard InChI is InChI=1S/H3O4P.O.Rb.Ti/c1-5(2,3)4;;;/h(H3,1,2,3,4);;;/q;+2;+1;+4/p-3. The van der Waals surface area contributed by atoms with Crippen LogP contribution in [0.25, 0.3) is 0 Å². The zero-order chi connectivity index (χ0) is 4.50. The third-order valence-corrected chi connectivity index (χ3v) is 0. The minimum absolute atomic E-state index is 0. The van der Waals surface area contributed by atoms with E-state index in [9.17, 15) is 0 Å². The zero-order valence-corrected chi connectivity index (χ0v) is 11.4. The van der Waals surface area contributed by atoms with Gasteiger partial charge in [-0.15, -0.1) is 0 Å². The van der Waals surface area contributed by atoms with E-state index < -0.39 is 7.82 Å². The molecule has 0 saturated carbocycles. The van der Waals surface area contributed by atoms with Gasteiger partial charge in [0.1, 0.15) is 0 Å². The van der Waals surface area contributed by atoms with Crippen LogP contribution < -0.4 is 72.9 Å². The third kappa shape index (κ3) is 73.8. The molecular formula is O5PRbTi+4. The summed E-state index contributed by atoms with van der Waals surface area (Å²) in [7, 11) is -5.39. The molecule has 5 nitrogen and oxygen atoms in total. The second-order valence-corrected chi connectivity index (χ2v) is 1.34. The van der Waals surface area contributed by atoms with E-state index in [1.54, 1.807) is 0 Å². The average molecular weight is 244 g/mol. The van der Waals surface area contributed by atoms with Crippen LogP contribution in [0.5, 0.6) is 0 Å². The molecule has 0 spiro atoms. The first-order chi connectivity index (χ1) is 2.00. The van der Waals surface area contributed by atoms with E-state index in [0.29, 0.717) is 0 Å². The van der Waals surface area contributed by atoms with Gasteiger partial charge in [0.25, 0.3) is 0 Å². The molecule has 0 unspecified atom stereocenters. The maximum absolute atomic E-state index is 8.55. The van der Waals surface area contributed by atoms with Crippen LogP contribution in [0.4, 0.5) is 0 Å². The van der Waals surface area contributed by atoms with Gasteiger partial charge in [-0.2, -0.15) is 7.82 Å². The summed E-state index contributed by atoms with van der Waals surface area (Å²) in [5.74, 6) is 0. The topological polar surface area (TPSA) is 115 Å². The minimum Gasteiger partial charge on any atom is -0.822 e. The Hall–Kier alpha value is 2.59. The van der Waals surface area contributed by atoms with Crippen LogP contribution in [0.2, 0.25) is 0 Å². The van der Waals surface area contributed by atoms with E-state index in [2.05, 4.69) is 0 Å². The molecular weight excluding hydrogens is 244 g/mol. The van der Waals surface area contributed by atoms with Crippen molar-refractivity contribution in [3.05, 3.63) is 0 Å². The van der Waals surface area contributed by atoms with Crippen LogP contribution in [-0.2, 0) is 31.8 Å². The molecule has 8 heavy (non-hydrogen) atoms. The summed E-state index contributed by atoms with van der Waals surface area (Å²) >= 11 is 0. The number of rotatable bonds is 0. The molecule has 0 aliphatic heterocycles. The van der Waals surface area contributed by atoms with Gasteiger partial charge in [-0.25, -0.2) is 0 Å². The van der Waals surface area contributed by atoms with Gasteiger partial charge < -0.3 is 19.2 Å². The predicted octanol–water partition coefficient (Wildman–Crippen LogP) is -5.94. The molecule has 4 radical (unpaired) electrons. The van der Waals surface area contributed by atoms with Crippen LogP contribution in [0.15, 0.2) is 0 Å². The largest absolute Gasteiger partial charge is 4.00 e. The number of hydrogen-bond acceptors (Lipinski definition) is 4. The zero-order valence-electron chi connectivity index (χ0n) is 3.99. The van der Waals surface area contributed by atoms with Crippen molar-refractivity contribution in [3.8, 4) is 0 Å². The van der Waals surface area contributed by atoms with Crippen molar-refractivity contribution in [2.24, 2.45) is 0 Å². The smallest absolute Gasteiger partial charge is 0.822 e. The number of phosphoric acid groups is 1. The van der Waals surface area contributed by atoms with E-state index in [4.69, 9.17) is 19.2 Å². The van der Waals surface area contributed by atoms with Crippen LogP contribution >= 0.6 is 7.82 Å². The van der Waals surface area contributed by atoms with Crippen molar-refractivity contribution in [1.82, 2.24) is 0 Å². The first-order valence-electron chi connectivity index (χ1n) is 0.730. The van der Waals surface area contributed by atoms with Crippen molar-refractivity contribution in [2.75, 3.05) is 0 Å². The first-order valence-corrected chi connectivity index (χ1v) is 2.19. The Morgan fingerprint density at radius 1 is 1.12 bits per heavy atom. The Bertz CT molecular complexity index is 58.6. The molecule has 0 saturated heterocycles. The Kier molecular flexibility index (Phi) is 26.9. The molecule has 0 bridgehead atoms. The fourth-order valence-corrected chi connectivity index (χ4v) is 0. The van der Waals surface area contributed by atoms with Crippen molar-refractivity contribution < 1.29 is 105 Å². The fourth-order valence-electron chi connectivity index (χ4n) is 0. The van der Waals surface area contributed by atoms with E-state index >= 15 is 0 Å². The second-order valence-electron chi connectivity index (χ2n) is 0.447. The van der Waals surface area contributed by atoms with Crippen molar-refractivity contribution >= 4 is 7.82 Å². The van der Waals surface area contributed by atoms with E-state index in [0.717, 1.165) is 0 Å². The molecule has 0 rings (SSSR count). The first kappa shape index (κ1) is 22.4. The molecule has 36 valence electrons. The van der Waals surface area contributed by atoms with Gasteiger partial charge in [0.05, 0.1) is 0 Å². The summed E-state index contributed by atoms with van der Waals surface area (Å²) in [4.78, 5) is 25.6. The van der Waals surface area contributed by atoms with E-state index in [1.165, 1.54) is 0 Å². The van der Waals surface area contributed by atoms with Gasteiger partial charge in [0.2, 0.25) is 0 Å². The Balaban J connectivity index is -0.0000000267. The monoisotopic (exact) mass is 244 g/mol. The van der Waals surface area contributed by atoms with Crippen LogP contribution in [0.1, 0.15) is 0 Å². The van der Waals surface area contributed by atoms with Gasteiger partial charge in [-0.3, -0.25) is 0 Å². The van der Waals surface area contributed by atoms with Crippen LogP contribution in [-0.4, -0.2) is 0 Å². The molecule has 0 aliphatic rings. The second kappa shape index (κ2) is 9.59. The predicted molar refractivity (Wildman–Crippen MR) is 8.29 cm³/mol. The molecule has 0 amide bonds. The SMILES string of the molecule is O=P([O-])([O-])[O-].[O+2].[Rb+].[Ti+4]. The summed E-state index contributed by atoms with van der Waals surface area (Å²) in [6.07, 6.45) is 0.